The number of carbonyl (C=O) groups is 2. The Kier molecular flexibility index (Phi) is 5.08. The van der Waals surface area contributed by atoms with Crippen LogP contribution in [0.4, 0.5) is 5.69 Å². The number of hydrogen-bond acceptors (Lipinski definition) is 2. The second kappa shape index (κ2) is 7.69. The van der Waals surface area contributed by atoms with Crippen LogP contribution in [0.2, 0.25) is 5.02 Å². The van der Waals surface area contributed by atoms with Gasteiger partial charge in [-0.15, -0.1) is 0 Å². The van der Waals surface area contributed by atoms with Crippen LogP contribution in [0.3, 0.4) is 0 Å². The summed E-state index contributed by atoms with van der Waals surface area (Å²) >= 11 is 6.18. The molecule has 1 aliphatic rings. The van der Waals surface area contributed by atoms with Crippen molar-refractivity contribution in [1.29, 1.82) is 0 Å². The summed E-state index contributed by atoms with van der Waals surface area (Å²) in [6.07, 6.45) is 4.03. The van der Waals surface area contributed by atoms with E-state index in [0.717, 1.165) is 33.5 Å². The molecule has 4 rings (SSSR count). The van der Waals surface area contributed by atoms with Crippen molar-refractivity contribution in [3.63, 3.8) is 0 Å². The summed E-state index contributed by atoms with van der Waals surface area (Å²) < 4.78 is 0. The quantitative estimate of drug-likeness (QED) is 0.476. The molecule has 1 heterocycles. The van der Waals surface area contributed by atoms with E-state index in [1.165, 1.54) is 0 Å². The minimum atomic E-state index is -0.0270. The van der Waals surface area contributed by atoms with Crippen molar-refractivity contribution < 1.29 is 9.59 Å². The second-order valence-corrected chi connectivity index (χ2v) is 7.59. The zero-order chi connectivity index (χ0) is 20.5. The Morgan fingerprint density at radius 3 is 2.41 bits per heavy atom. The van der Waals surface area contributed by atoms with Gasteiger partial charge in [0.1, 0.15) is 0 Å². The van der Waals surface area contributed by atoms with E-state index < -0.39 is 0 Å². The lowest BCUT2D eigenvalue weighted by Crippen LogP contribution is -2.29. The summed E-state index contributed by atoms with van der Waals surface area (Å²) in [5, 5.41) is 0.627. The number of fused-ring (bicyclic) bond motifs is 2. The fourth-order valence-corrected chi connectivity index (χ4v) is 3.90. The summed E-state index contributed by atoms with van der Waals surface area (Å²) in [7, 11) is 0. The third kappa shape index (κ3) is 3.74. The van der Waals surface area contributed by atoms with Crippen molar-refractivity contribution in [2.45, 2.75) is 20.4 Å². The van der Waals surface area contributed by atoms with E-state index in [0.29, 0.717) is 17.1 Å². The third-order valence-electron chi connectivity index (χ3n) is 5.19. The molecule has 3 nitrogen and oxygen atoms in total. The maximum atomic E-state index is 12.4. The molecule has 3 aromatic rings. The first kappa shape index (κ1) is 19.2. The Labute approximate surface area is 175 Å². The van der Waals surface area contributed by atoms with Crippen molar-refractivity contribution in [2.75, 3.05) is 4.90 Å². The monoisotopic (exact) mass is 401 g/mol. The van der Waals surface area contributed by atoms with Gasteiger partial charge < -0.3 is 4.90 Å². The van der Waals surface area contributed by atoms with Crippen LogP contribution in [-0.4, -0.2) is 11.7 Å². The number of carbonyl (C=O) groups excluding carboxylic acids is 2. The van der Waals surface area contributed by atoms with Gasteiger partial charge in [-0.3, -0.25) is 9.59 Å². The van der Waals surface area contributed by atoms with Crippen molar-refractivity contribution in [3.8, 4) is 11.1 Å². The number of rotatable bonds is 2. The van der Waals surface area contributed by atoms with Crippen LogP contribution in [0.5, 0.6) is 0 Å². The van der Waals surface area contributed by atoms with Crippen LogP contribution in [-0.2, 0) is 11.3 Å². The molecule has 0 bridgehead atoms. The number of amides is 1. The molecule has 29 heavy (non-hydrogen) atoms. The zero-order valence-corrected chi connectivity index (χ0v) is 17.0. The van der Waals surface area contributed by atoms with Gasteiger partial charge in [0.05, 0.1) is 12.2 Å². The molecule has 144 valence electrons. The third-order valence-corrected chi connectivity index (χ3v) is 5.43. The molecule has 0 saturated heterocycles. The Bertz CT molecular complexity index is 1160. The molecule has 1 amide bonds. The van der Waals surface area contributed by atoms with E-state index in [1.54, 1.807) is 24.8 Å². The van der Waals surface area contributed by atoms with Gasteiger partial charge in [-0.2, -0.15) is 0 Å². The molecule has 0 unspecified atom stereocenters. The lowest BCUT2D eigenvalue weighted by Gasteiger charge is -2.26. The molecule has 1 aliphatic heterocycles. The Hall–Kier alpha value is -3.17. The summed E-state index contributed by atoms with van der Waals surface area (Å²) in [4.78, 5) is 26.2. The number of nitrogens with zero attached hydrogens (tertiary/aromatic N) is 1. The molecule has 0 saturated carbocycles. The van der Waals surface area contributed by atoms with E-state index in [-0.39, 0.29) is 11.7 Å². The molecule has 0 atom stereocenters. The van der Waals surface area contributed by atoms with Crippen LogP contribution in [0.1, 0.15) is 40.9 Å². The number of Topliss-reactive ketones (excluding diaryl/α,β-unsaturated/α-hetero) is 1. The normalized spacial score (nSPS) is 12.6. The largest absolute Gasteiger partial charge is 0.308 e. The van der Waals surface area contributed by atoms with Gasteiger partial charge in [0, 0.05) is 17.5 Å². The van der Waals surface area contributed by atoms with E-state index in [2.05, 4.69) is 6.07 Å². The topological polar surface area (TPSA) is 37.4 Å². The van der Waals surface area contributed by atoms with Gasteiger partial charge in [0.2, 0.25) is 5.91 Å². The van der Waals surface area contributed by atoms with Crippen molar-refractivity contribution in [1.82, 2.24) is 0 Å². The maximum absolute atomic E-state index is 12.4. The average Bonchev–Trinajstić information content (AvgIpc) is 2.69. The minimum Gasteiger partial charge on any atom is -0.308 e. The maximum Gasteiger partial charge on any atom is 0.224 e. The molecule has 3 aromatic carbocycles. The first-order valence-corrected chi connectivity index (χ1v) is 9.81. The predicted molar refractivity (Wildman–Crippen MR) is 119 cm³/mol. The van der Waals surface area contributed by atoms with E-state index in [1.807, 2.05) is 60.7 Å². The summed E-state index contributed by atoms with van der Waals surface area (Å²) in [6, 6.07) is 19.3. The fraction of sp³-hybridized carbons (Fsp3) is 0.120. The van der Waals surface area contributed by atoms with Gasteiger partial charge in [-0.1, -0.05) is 60.2 Å². The fourth-order valence-electron chi connectivity index (χ4n) is 3.72. The lowest BCUT2D eigenvalue weighted by atomic mass is 9.93. The Morgan fingerprint density at radius 2 is 1.66 bits per heavy atom. The minimum absolute atomic E-state index is 0.0270. The molecular formula is C25H20ClNO2. The molecule has 0 fully saturated rings. The number of halogens is 1. The summed E-state index contributed by atoms with van der Waals surface area (Å²) in [6.45, 7) is 3.62. The molecule has 4 heteroatoms. The molecule has 0 aliphatic carbocycles. The van der Waals surface area contributed by atoms with E-state index >= 15 is 0 Å². The molecular weight excluding hydrogens is 382 g/mol. The van der Waals surface area contributed by atoms with Gasteiger partial charge in [-0.25, -0.2) is 0 Å². The van der Waals surface area contributed by atoms with Gasteiger partial charge in [-0.05, 0) is 59.0 Å². The average molecular weight is 402 g/mol. The van der Waals surface area contributed by atoms with Crippen molar-refractivity contribution in [2.24, 2.45) is 0 Å². The zero-order valence-electron chi connectivity index (χ0n) is 16.3. The number of ketones is 1. The van der Waals surface area contributed by atoms with E-state index in [9.17, 15) is 9.59 Å². The number of hydrogen-bond donors (Lipinski definition) is 0. The Morgan fingerprint density at radius 1 is 0.897 bits per heavy atom. The molecule has 0 N–H and O–H groups in total. The SMILES string of the molecule is CC(=O)c1ccccc1-c1ccc2c(c1)C=Cc1cc(Cl)ccc1N(C(C)=O)C2. The van der Waals surface area contributed by atoms with Crippen LogP contribution in [0.25, 0.3) is 23.3 Å². The highest BCUT2D eigenvalue weighted by atomic mass is 35.5. The van der Waals surface area contributed by atoms with Crippen LogP contribution < -0.4 is 4.90 Å². The number of anilines is 1. The highest BCUT2D eigenvalue weighted by Crippen LogP contribution is 2.33. The van der Waals surface area contributed by atoms with Crippen LogP contribution in [0.15, 0.2) is 60.7 Å². The highest BCUT2D eigenvalue weighted by molar-refractivity contribution is 6.30. The Balaban J connectivity index is 1.86. The summed E-state index contributed by atoms with van der Waals surface area (Å²) in [5.41, 5.74) is 6.37. The van der Waals surface area contributed by atoms with Crippen molar-refractivity contribution in [3.05, 3.63) is 87.9 Å². The first-order valence-electron chi connectivity index (χ1n) is 9.43. The molecule has 0 radical (unpaired) electrons. The smallest absolute Gasteiger partial charge is 0.224 e. The lowest BCUT2D eigenvalue weighted by molar-refractivity contribution is -0.116. The van der Waals surface area contributed by atoms with Crippen LogP contribution >= 0.6 is 11.6 Å². The first-order chi connectivity index (χ1) is 13.9. The van der Waals surface area contributed by atoms with Gasteiger partial charge in [0.25, 0.3) is 0 Å². The summed E-state index contributed by atoms with van der Waals surface area (Å²) in [5.74, 6) is 0.00929. The number of benzene rings is 3. The van der Waals surface area contributed by atoms with Crippen LogP contribution in [0, 0.1) is 0 Å². The second-order valence-electron chi connectivity index (χ2n) is 7.16. The molecule has 0 aromatic heterocycles. The van der Waals surface area contributed by atoms with Gasteiger partial charge in [0.15, 0.2) is 5.78 Å². The molecule has 0 spiro atoms. The van der Waals surface area contributed by atoms with Crippen molar-refractivity contribution >= 4 is 41.1 Å². The predicted octanol–water partition coefficient (Wildman–Crippen LogP) is 6.25. The van der Waals surface area contributed by atoms with Gasteiger partial charge >= 0.3 is 0 Å². The highest BCUT2D eigenvalue weighted by Gasteiger charge is 2.19. The van der Waals surface area contributed by atoms with E-state index in [4.69, 9.17) is 11.6 Å². The standard InChI is InChI=1S/C25H20ClNO2/c1-16(28)23-5-3-4-6-24(23)19-8-10-21-15-27(17(2)29)25-12-11-22(26)14-20(25)9-7-18(21)13-19/h3-14H,15H2,1-2H3.